The first kappa shape index (κ1) is 10.2. The Morgan fingerprint density at radius 3 is 3.08 bits per heavy atom. The van der Waals surface area contributed by atoms with Crippen molar-refractivity contribution in [1.29, 1.82) is 0 Å². The maximum Gasteiger partial charge on any atom is 0.316 e. The van der Waals surface area contributed by atoms with E-state index in [-0.39, 0.29) is 5.78 Å². The third-order valence-electron chi connectivity index (χ3n) is 2.00. The maximum absolute atomic E-state index is 11.3. The van der Waals surface area contributed by atoms with Gasteiger partial charge in [-0.15, -0.1) is 0 Å². The molecule has 1 atom stereocenters. The molecule has 4 nitrogen and oxygen atoms in total. The molecule has 74 valence electrons. The Labute approximate surface area is 77.2 Å². The highest BCUT2D eigenvalue weighted by Crippen LogP contribution is 2.13. The zero-order valence-corrected chi connectivity index (χ0v) is 7.75. The minimum absolute atomic E-state index is 0.0593. The summed E-state index contributed by atoms with van der Waals surface area (Å²) in [6.07, 6.45) is 0.779. The molecule has 1 aliphatic heterocycles. The molecule has 1 aliphatic rings. The van der Waals surface area contributed by atoms with E-state index in [1.807, 2.05) is 0 Å². The van der Waals surface area contributed by atoms with Crippen LogP contribution in [-0.2, 0) is 19.1 Å². The highest BCUT2D eigenvalue weighted by Gasteiger charge is 2.28. The average molecular weight is 186 g/mol. The summed E-state index contributed by atoms with van der Waals surface area (Å²) in [5, 5.41) is 0. The minimum atomic E-state index is -0.595. The molecule has 1 heterocycles. The first-order valence-corrected chi connectivity index (χ1v) is 4.52. The summed E-state index contributed by atoms with van der Waals surface area (Å²) in [5.74, 6) is -1.06. The van der Waals surface area contributed by atoms with E-state index in [1.165, 1.54) is 0 Å². The second-order valence-corrected chi connectivity index (χ2v) is 2.92. The summed E-state index contributed by atoms with van der Waals surface area (Å²) >= 11 is 0. The number of Topliss-reactive ketones (excluding diaryl/α,β-unsaturated/α-hetero) is 1. The van der Waals surface area contributed by atoms with Crippen LogP contribution in [0.3, 0.4) is 0 Å². The predicted octanol–water partition coefficient (Wildman–Crippen LogP) is 0.545. The number of carbonyl (C=O) groups is 2. The van der Waals surface area contributed by atoms with Gasteiger partial charge in [-0.2, -0.15) is 0 Å². The van der Waals surface area contributed by atoms with E-state index in [9.17, 15) is 9.59 Å². The van der Waals surface area contributed by atoms with Crippen molar-refractivity contribution in [2.75, 3.05) is 19.8 Å². The van der Waals surface area contributed by atoms with Crippen molar-refractivity contribution in [3.05, 3.63) is 0 Å². The molecule has 1 rings (SSSR count). The van der Waals surface area contributed by atoms with E-state index in [2.05, 4.69) is 0 Å². The molecular formula is C9H14O4. The Balaban J connectivity index is 2.53. The van der Waals surface area contributed by atoms with Gasteiger partial charge < -0.3 is 9.47 Å². The highest BCUT2D eigenvalue weighted by atomic mass is 16.5. The quantitative estimate of drug-likeness (QED) is 0.466. The lowest BCUT2D eigenvalue weighted by molar-refractivity contribution is -0.151. The standard InChI is InChI=1S/C9H14O4/c1-2-13-9(11)7-3-5-12-6-4-8(7)10/h7H,2-6H2,1H3. The Morgan fingerprint density at radius 1 is 1.62 bits per heavy atom. The summed E-state index contributed by atoms with van der Waals surface area (Å²) in [6.45, 7) is 2.95. The van der Waals surface area contributed by atoms with Gasteiger partial charge in [-0.3, -0.25) is 9.59 Å². The molecule has 0 aliphatic carbocycles. The van der Waals surface area contributed by atoms with Crippen LogP contribution in [0, 0.1) is 5.92 Å². The summed E-state index contributed by atoms with van der Waals surface area (Å²) in [4.78, 5) is 22.6. The molecule has 0 aromatic rings. The van der Waals surface area contributed by atoms with Crippen LogP contribution in [0.15, 0.2) is 0 Å². The second kappa shape index (κ2) is 4.97. The number of carbonyl (C=O) groups excluding carboxylic acids is 2. The van der Waals surface area contributed by atoms with Crippen molar-refractivity contribution in [2.24, 2.45) is 5.92 Å². The van der Waals surface area contributed by atoms with Crippen molar-refractivity contribution < 1.29 is 19.1 Å². The van der Waals surface area contributed by atoms with Gasteiger partial charge in [0.15, 0.2) is 0 Å². The molecule has 1 fully saturated rings. The van der Waals surface area contributed by atoms with Gasteiger partial charge in [-0.25, -0.2) is 0 Å². The monoisotopic (exact) mass is 186 g/mol. The number of hydrogen-bond donors (Lipinski definition) is 0. The highest BCUT2D eigenvalue weighted by molar-refractivity contribution is 5.99. The van der Waals surface area contributed by atoms with Crippen LogP contribution in [0.2, 0.25) is 0 Å². The zero-order chi connectivity index (χ0) is 9.68. The third kappa shape index (κ3) is 2.81. The molecule has 0 amide bonds. The van der Waals surface area contributed by atoms with Crippen molar-refractivity contribution in [3.63, 3.8) is 0 Å². The van der Waals surface area contributed by atoms with Crippen molar-refractivity contribution in [2.45, 2.75) is 19.8 Å². The van der Waals surface area contributed by atoms with E-state index in [0.717, 1.165) is 0 Å². The maximum atomic E-state index is 11.3. The fraction of sp³-hybridized carbons (Fsp3) is 0.778. The lowest BCUT2D eigenvalue weighted by Gasteiger charge is -2.09. The van der Waals surface area contributed by atoms with Gasteiger partial charge in [-0.1, -0.05) is 0 Å². The third-order valence-corrected chi connectivity index (χ3v) is 2.00. The van der Waals surface area contributed by atoms with Gasteiger partial charge >= 0.3 is 5.97 Å². The lowest BCUT2D eigenvalue weighted by atomic mass is 10.00. The van der Waals surface area contributed by atoms with Gasteiger partial charge in [0.1, 0.15) is 11.7 Å². The molecule has 0 aromatic carbocycles. The number of ketones is 1. The predicted molar refractivity (Wildman–Crippen MR) is 45.2 cm³/mol. The molecule has 4 heteroatoms. The normalized spacial score (nSPS) is 23.8. The average Bonchev–Trinajstić information content (AvgIpc) is 2.30. The Hall–Kier alpha value is -0.900. The number of hydrogen-bond acceptors (Lipinski definition) is 4. The Bertz CT molecular complexity index is 200. The first-order chi connectivity index (χ1) is 6.25. The zero-order valence-electron chi connectivity index (χ0n) is 7.75. The fourth-order valence-electron chi connectivity index (χ4n) is 1.30. The van der Waals surface area contributed by atoms with E-state index in [1.54, 1.807) is 6.92 Å². The molecule has 0 bridgehead atoms. The molecule has 1 saturated heterocycles. The molecule has 0 spiro atoms. The van der Waals surface area contributed by atoms with Crippen LogP contribution >= 0.6 is 0 Å². The molecule has 0 N–H and O–H groups in total. The minimum Gasteiger partial charge on any atom is -0.465 e. The Kier molecular flexibility index (Phi) is 3.89. The van der Waals surface area contributed by atoms with Crippen molar-refractivity contribution in [1.82, 2.24) is 0 Å². The van der Waals surface area contributed by atoms with Gasteiger partial charge in [0.2, 0.25) is 0 Å². The van der Waals surface area contributed by atoms with Crippen molar-refractivity contribution in [3.8, 4) is 0 Å². The van der Waals surface area contributed by atoms with Crippen LogP contribution in [0.5, 0.6) is 0 Å². The van der Waals surface area contributed by atoms with Crippen LogP contribution in [-0.4, -0.2) is 31.6 Å². The van der Waals surface area contributed by atoms with Gasteiger partial charge in [0, 0.05) is 13.0 Å². The van der Waals surface area contributed by atoms with Crippen LogP contribution in [0.4, 0.5) is 0 Å². The molecular weight excluding hydrogens is 172 g/mol. The van der Waals surface area contributed by atoms with Gasteiger partial charge in [-0.05, 0) is 13.3 Å². The fourth-order valence-corrected chi connectivity index (χ4v) is 1.30. The molecule has 0 saturated carbocycles. The number of ether oxygens (including phenoxy) is 2. The largest absolute Gasteiger partial charge is 0.465 e. The number of esters is 1. The second-order valence-electron chi connectivity index (χ2n) is 2.92. The summed E-state index contributed by atoms with van der Waals surface area (Å²) < 4.78 is 9.89. The topological polar surface area (TPSA) is 52.6 Å². The smallest absolute Gasteiger partial charge is 0.316 e. The van der Waals surface area contributed by atoms with Gasteiger partial charge in [0.25, 0.3) is 0 Å². The summed E-state index contributed by atoms with van der Waals surface area (Å²) in [7, 11) is 0. The van der Waals surface area contributed by atoms with Crippen LogP contribution < -0.4 is 0 Å². The number of rotatable bonds is 2. The summed E-state index contributed by atoms with van der Waals surface area (Å²) in [5.41, 5.74) is 0. The lowest BCUT2D eigenvalue weighted by Crippen LogP contribution is -2.25. The molecule has 0 aromatic heterocycles. The van der Waals surface area contributed by atoms with Gasteiger partial charge in [0.05, 0.1) is 13.2 Å². The SMILES string of the molecule is CCOC(=O)C1CCOCCC1=O. The van der Waals surface area contributed by atoms with Crippen LogP contribution in [0.25, 0.3) is 0 Å². The summed E-state index contributed by atoms with van der Waals surface area (Å²) in [6, 6.07) is 0. The molecule has 13 heavy (non-hydrogen) atoms. The Morgan fingerprint density at radius 2 is 2.38 bits per heavy atom. The first-order valence-electron chi connectivity index (χ1n) is 4.52. The van der Waals surface area contributed by atoms with E-state index in [4.69, 9.17) is 9.47 Å². The van der Waals surface area contributed by atoms with E-state index < -0.39 is 11.9 Å². The van der Waals surface area contributed by atoms with E-state index >= 15 is 0 Å². The van der Waals surface area contributed by atoms with Crippen molar-refractivity contribution >= 4 is 11.8 Å². The van der Waals surface area contributed by atoms with E-state index in [0.29, 0.717) is 32.7 Å². The molecule has 0 radical (unpaired) electrons. The molecule has 1 unspecified atom stereocenters. The van der Waals surface area contributed by atoms with Crippen LogP contribution in [0.1, 0.15) is 19.8 Å².